The number of benzene rings is 1. The Morgan fingerprint density at radius 1 is 1.45 bits per heavy atom. The molecule has 0 saturated heterocycles. The van der Waals surface area contributed by atoms with Gasteiger partial charge in [0, 0.05) is 24.4 Å². The number of nitrogens with zero attached hydrogens (tertiary/aromatic N) is 3. The van der Waals surface area contributed by atoms with Gasteiger partial charge in [-0.05, 0) is 12.1 Å². The molecular weight excluding hydrogens is 258 g/mol. The fourth-order valence-electron chi connectivity index (χ4n) is 2.15. The fraction of sp³-hybridized carbons (Fsp3) is 0.154. The Bertz CT molecular complexity index is 802. The Morgan fingerprint density at radius 2 is 2.25 bits per heavy atom. The Morgan fingerprint density at radius 3 is 2.85 bits per heavy atom. The highest BCUT2D eigenvalue weighted by Gasteiger charge is 2.16. The molecule has 0 radical (unpaired) electrons. The molecule has 0 unspecified atom stereocenters. The predicted octanol–water partition coefficient (Wildman–Crippen LogP) is 1.07. The van der Waals surface area contributed by atoms with Crippen molar-refractivity contribution in [3.8, 4) is 16.9 Å². The molecule has 0 spiro atoms. The standard InChI is InChI=1S/C13H13N5O2/c1-18-6-7(5-15-18)8-3-4-9(20-2)11-10(8)16-13(17-11)12(14)19/h3-6H,1-2H3,(H2,14,19)(H,16,17). The number of aromatic amines is 1. The van der Waals surface area contributed by atoms with Crippen molar-refractivity contribution >= 4 is 16.9 Å². The first-order valence-corrected chi connectivity index (χ1v) is 5.95. The first-order valence-electron chi connectivity index (χ1n) is 5.95. The first-order chi connectivity index (χ1) is 9.60. The van der Waals surface area contributed by atoms with Crippen LogP contribution in [0.3, 0.4) is 0 Å². The molecule has 0 aliphatic rings. The van der Waals surface area contributed by atoms with Crippen molar-refractivity contribution in [3.05, 3.63) is 30.4 Å². The van der Waals surface area contributed by atoms with Crippen LogP contribution in [-0.4, -0.2) is 32.8 Å². The summed E-state index contributed by atoms with van der Waals surface area (Å²) in [4.78, 5) is 18.4. The zero-order valence-corrected chi connectivity index (χ0v) is 11.0. The predicted molar refractivity (Wildman–Crippen MR) is 73.4 cm³/mol. The molecule has 2 heterocycles. The van der Waals surface area contributed by atoms with Crippen LogP contribution in [0.2, 0.25) is 0 Å². The maximum Gasteiger partial charge on any atom is 0.284 e. The molecule has 7 nitrogen and oxygen atoms in total. The molecule has 0 aliphatic carbocycles. The number of aromatic nitrogens is 4. The number of primary amides is 1. The summed E-state index contributed by atoms with van der Waals surface area (Å²) in [5.41, 5.74) is 8.31. The van der Waals surface area contributed by atoms with E-state index in [0.29, 0.717) is 16.8 Å². The lowest BCUT2D eigenvalue weighted by Crippen LogP contribution is -2.12. The average Bonchev–Trinajstić information content (AvgIpc) is 3.03. The van der Waals surface area contributed by atoms with Crippen LogP contribution in [0.25, 0.3) is 22.2 Å². The summed E-state index contributed by atoms with van der Waals surface area (Å²) in [6, 6.07) is 3.69. The molecule has 3 aromatic rings. The van der Waals surface area contributed by atoms with Gasteiger partial charge < -0.3 is 15.5 Å². The summed E-state index contributed by atoms with van der Waals surface area (Å²) in [5, 5.41) is 4.14. The van der Waals surface area contributed by atoms with Crippen LogP contribution in [0.15, 0.2) is 24.5 Å². The number of aryl methyl sites for hydroxylation is 1. The van der Waals surface area contributed by atoms with Crippen LogP contribution in [0, 0.1) is 0 Å². The van der Waals surface area contributed by atoms with Crippen LogP contribution in [0.5, 0.6) is 5.75 Å². The van der Waals surface area contributed by atoms with Gasteiger partial charge in [-0.2, -0.15) is 5.10 Å². The Kier molecular flexibility index (Phi) is 2.67. The third kappa shape index (κ3) is 1.80. The zero-order chi connectivity index (χ0) is 14.3. The number of H-pyrrole nitrogens is 1. The minimum atomic E-state index is -0.611. The van der Waals surface area contributed by atoms with Crippen LogP contribution < -0.4 is 10.5 Å². The molecule has 0 aliphatic heterocycles. The molecule has 3 N–H and O–H groups in total. The molecule has 2 aromatic heterocycles. The molecular formula is C13H13N5O2. The molecule has 102 valence electrons. The van der Waals surface area contributed by atoms with Gasteiger partial charge in [-0.3, -0.25) is 9.48 Å². The van der Waals surface area contributed by atoms with Crippen LogP contribution in [0.4, 0.5) is 0 Å². The zero-order valence-electron chi connectivity index (χ0n) is 11.0. The van der Waals surface area contributed by atoms with E-state index in [-0.39, 0.29) is 5.82 Å². The van der Waals surface area contributed by atoms with Gasteiger partial charge in [0.05, 0.1) is 13.3 Å². The highest BCUT2D eigenvalue weighted by molar-refractivity contribution is 6.00. The Labute approximate surface area is 114 Å². The van der Waals surface area contributed by atoms with Gasteiger partial charge in [0.2, 0.25) is 0 Å². The molecule has 3 rings (SSSR count). The number of carbonyl (C=O) groups excluding carboxylic acids is 1. The van der Waals surface area contributed by atoms with E-state index in [0.717, 1.165) is 11.1 Å². The van der Waals surface area contributed by atoms with Gasteiger partial charge in [0.25, 0.3) is 5.91 Å². The number of rotatable bonds is 3. The number of nitrogens with one attached hydrogen (secondary N) is 1. The Hall–Kier alpha value is -2.83. The first kappa shape index (κ1) is 12.2. The fourth-order valence-corrected chi connectivity index (χ4v) is 2.15. The van der Waals surface area contributed by atoms with E-state index in [9.17, 15) is 4.79 Å². The number of amides is 1. The van der Waals surface area contributed by atoms with Crippen LogP contribution >= 0.6 is 0 Å². The highest BCUT2D eigenvalue weighted by atomic mass is 16.5. The van der Waals surface area contributed by atoms with Crippen molar-refractivity contribution in [2.75, 3.05) is 7.11 Å². The van der Waals surface area contributed by atoms with E-state index in [2.05, 4.69) is 15.1 Å². The lowest BCUT2D eigenvalue weighted by atomic mass is 10.1. The number of methoxy groups -OCH3 is 1. The Balaban J connectivity index is 2.30. The number of carbonyl (C=O) groups is 1. The monoisotopic (exact) mass is 271 g/mol. The van der Waals surface area contributed by atoms with E-state index < -0.39 is 5.91 Å². The number of imidazole rings is 1. The summed E-state index contributed by atoms with van der Waals surface area (Å²) >= 11 is 0. The van der Waals surface area contributed by atoms with Gasteiger partial charge in [-0.25, -0.2) is 4.98 Å². The smallest absolute Gasteiger partial charge is 0.284 e. The van der Waals surface area contributed by atoms with Gasteiger partial charge in [0.15, 0.2) is 5.82 Å². The molecule has 7 heteroatoms. The average molecular weight is 271 g/mol. The van der Waals surface area contributed by atoms with Crippen molar-refractivity contribution in [3.63, 3.8) is 0 Å². The van der Waals surface area contributed by atoms with E-state index in [1.54, 1.807) is 18.0 Å². The normalized spacial score (nSPS) is 10.9. The third-order valence-electron chi connectivity index (χ3n) is 3.08. The minimum absolute atomic E-state index is 0.106. The van der Waals surface area contributed by atoms with Gasteiger partial charge in [-0.1, -0.05) is 0 Å². The van der Waals surface area contributed by atoms with Crippen LogP contribution in [-0.2, 0) is 7.05 Å². The quantitative estimate of drug-likeness (QED) is 0.744. The van der Waals surface area contributed by atoms with Gasteiger partial charge >= 0.3 is 0 Å². The van der Waals surface area contributed by atoms with E-state index in [1.807, 2.05) is 25.4 Å². The highest BCUT2D eigenvalue weighted by Crippen LogP contribution is 2.32. The molecule has 0 atom stereocenters. The maximum atomic E-state index is 11.3. The summed E-state index contributed by atoms with van der Waals surface area (Å²) in [5.74, 6) is 0.0997. The number of hydrogen-bond acceptors (Lipinski definition) is 4. The second-order valence-electron chi connectivity index (χ2n) is 4.39. The number of ether oxygens (including phenoxy) is 1. The number of nitrogens with two attached hydrogens (primary N) is 1. The molecule has 1 aromatic carbocycles. The van der Waals surface area contributed by atoms with Crippen molar-refractivity contribution in [2.45, 2.75) is 0 Å². The number of fused-ring (bicyclic) bond motifs is 1. The van der Waals surface area contributed by atoms with Crippen LogP contribution in [0.1, 0.15) is 10.6 Å². The van der Waals surface area contributed by atoms with E-state index >= 15 is 0 Å². The van der Waals surface area contributed by atoms with E-state index in [1.165, 1.54) is 0 Å². The van der Waals surface area contributed by atoms with Crippen molar-refractivity contribution < 1.29 is 9.53 Å². The van der Waals surface area contributed by atoms with Gasteiger partial charge in [-0.15, -0.1) is 0 Å². The minimum Gasteiger partial charge on any atom is -0.494 e. The largest absolute Gasteiger partial charge is 0.494 e. The summed E-state index contributed by atoms with van der Waals surface area (Å²) < 4.78 is 6.97. The third-order valence-corrected chi connectivity index (χ3v) is 3.08. The van der Waals surface area contributed by atoms with Crippen molar-refractivity contribution in [2.24, 2.45) is 12.8 Å². The lowest BCUT2D eigenvalue weighted by Gasteiger charge is -2.04. The maximum absolute atomic E-state index is 11.3. The molecule has 0 bridgehead atoms. The van der Waals surface area contributed by atoms with Crippen molar-refractivity contribution in [1.29, 1.82) is 0 Å². The summed E-state index contributed by atoms with van der Waals surface area (Å²) in [6.45, 7) is 0. The summed E-state index contributed by atoms with van der Waals surface area (Å²) in [6.07, 6.45) is 3.61. The summed E-state index contributed by atoms with van der Waals surface area (Å²) in [7, 11) is 3.40. The van der Waals surface area contributed by atoms with Gasteiger partial charge in [0.1, 0.15) is 16.8 Å². The molecule has 0 fully saturated rings. The molecule has 0 saturated carbocycles. The van der Waals surface area contributed by atoms with Crippen molar-refractivity contribution in [1.82, 2.24) is 19.7 Å². The second kappa shape index (κ2) is 4.37. The molecule has 20 heavy (non-hydrogen) atoms. The topological polar surface area (TPSA) is 98.8 Å². The molecule has 1 amide bonds. The lowest BCUT2D eigenvalue weighted by molar-refractivity contribution is 0.0991. The number of hydrogen-bond donors (Lipinski definition) is 2. The SMILES string of the molecule is COc1ccc(-c2cnn(C)c2)c2nc(C(N)=O)[nH]c12. The second-order valence-corrected chi connectivity index (χ2v) is 4.39. The van der Waals surface area contributed by atoms with E-state index in [4.69, 9.17) is 10.5 Å².